The van der Waals surface area contributed by atoms with Gasteiger partial charge in [0.1, 0.15) is 0 Å². The Bertz CT molecular complexity index is 112. The van der Waals surface area contributed by atoms with E-state index in [1.54, 1.807) is 0 Å². The maximum absolute atomic E-state index is 9.33. The van der Waals surface area contributed by atoms with E-state index in [2.05, 4.69) is 0 Å². The average Bonchev–Trinajstić information content (AvgIpc) is 2.26. The maximum atomic E-state index is 9.33. The molecule has 2 unspecified atom stereocenters. The lowest BCUT2D eigenvalue weighted by molar-refractivity contribution is 0.154. The lowest BCUT2D eigenvalue weighted by Gasteiger charge is -2.08. The van der Waals surface area contributed by atoms with Gasteiger partial charge in [-0.05, 0) is 25.7 Å². The van der Waals surface area contributed by atoms with Gasteiger partial charge in [0, 0.05) is 0 Å². The number of aliphatic hydroxyl groups is 2. The molecule has 0 amide bonds. The van der Waals surface area contributed by atoms with Crippen molar-refractivity contribution >= 4 is 0 Å². The van der Waals surface area contributed by atoms with Crippen LogP contribution in [0.3, 0.4) is 0 Å². The van der Waals surface area contributed by atoms with Gasteiger partial charge in [0.15, 0.2) is 0 Å². The van der Waals surface area contributed by atoms with Crippen molar-refractivity contribution in [2.24, 2.45) is 0 Å². The molecule has 0 aromatic heterocycles. The van der Waals surface area contributed by atoms with Gasteiger partial charge in [-0.2, -0.15) is 0 Å². The zero-order valence-corrected chi connectivity index (χ0v) is 10.4. The van der Waals surface area contributed by atoms with E-state index < -0.39 is 0 Å². The molecule has 0 radical (unpaired) electrons. The average molecular weight is 216 g/mol. The number of unbranched alkanes of at least 4 members (excludes halogenated alkanes) is 4. The highest BCUT2D eigenvalue weighted by molar-refractivity contribution is 4.55. The Morgan fingerprint density at radius 1 is 0.667 bits per heavy atom. The molecule has 0 aromatic rings. The van der Waals surface area contributed by atoms with Crippen molar-refractivity contribution in [2.45, 2.75) is 83.8 Å². The molecule has 92 valence electrons. The van der Waals surface area contributed by atoms with Crippen molar-refractivity contribution in [1.82, 2.24) is 0 Å². The highest BCUT2D eigenvalue weighted by atomic mass is 16.3. The topological polar surface area (TPSA) is 40.5 Å². The largest absolute Gasteiger partial charge is 0.393 e. The van der Waals surface area contributed by atoms with Gasteiger partial charge in [0.05, 0.1) is 12.2 Å². The second kappa shape index (κ2) is 10.4. The maximum Gasteiger partial charge on any atom is 0.0537 e. The van der Waals surface area contributed by atoms with Gasteiger partial charge in [0.2, 0.25) is 0 Å². The van der Waals surface area contributed by atoms with Crippen LogP contribution in [0.15, 0.2) is 0 Å². The number of hydrogen-bond donors (Lipinski definition) is 2. The molecule has 0 saturated carbocycles. The Hall–Kier alpha value is -0.0800. The first-order valence-electron chi connectivity index (χ1n) is 6.56. The van der Waals surface area contributed by atoms with Crippen LogP contribution in [0.25, 0.3) is 0 Å². The summed E-state index contributed by atoms with van der Waals surface area (Å²) in [4.78, 5) is 0. The summed E-state index contributed by atoms with van der Waals surface area (Å²) in [6.45, 7) is 4.05. The predicted octanol–water partition coefficient (Wildman–Crippen LogP) is 3.26. The first kappa shape index (κ1) is 14.9. The van der Waals surface area contributed by atoms with E-state index >= 15 is 0 Å². The third-order valence-corrected chi connectivity index (χ3v) is 3.02. The van der Waals surface area contributed by atoms with Crippen LogP contribution >= 0.6 is 0 Å². The molecule has 0 aliphatic rings. The van der Waals surface area contributed by atoms with Crippen molar-refractivity contribution in [3.8, 4) is 0 Å². The van der Waals surface area contributed by atoms with Crippen LogP contribution < -0.4 is 0 Å². The van der Waals surface area contributed by atoms with Crippen LogP contribution in [0.5, 0.6) is 0 Å². The van der Waals surface area contributed by atoms with Gasteiger partial charge in [0.25, 0.3) is 0 Å². The van der Waals surface area contributed by atoms with E-state index in [0.29, 0.717) is 0 Å². The Balaban J connectivity index is 3.05. The summed E-state index contributed by atoms with van der Waals surface area (Å²) in [7, 11) is 0. The molecule has 0 aliphatic heterocycles. The Kier molecular flexibility index (Phi) is 10.4. The van der Waals surface area contributed by atoms with Crippen LogP contribution in [0.2, 0.25) is 0 Å². The molecule has 2 nitrogen and oxygen atoms in total. The highest BCUT2D eigenvalue weighted by Gasteiger charge is 2.01. The molecule has 0 heterocycles. The van der Waals surface area contributed by atoms with E-state index in [0.717, 1.165) is 38.5 Å². The van der Waals surface area contributed by atoms with Crippen molar-refractivity contribution in [2.75, 3.05) is 0 Å². The van der Waals surface area contributed by atoms with Crippen LogP contribution in [0.4, 0.5) is 0 Å². The first-order chi connectivity index (χ1) is 7.20. The van der Waals surface area contributed by atoms with Crippen molar-refractivity contribution in [1.29, 1.82) is 0 Å². The van der Waals surface area contributed by atoms with Gasteiger partial charge in [-0.25, -0.2) is 0 Å². The molecule has 0 saturated heterocycles. The van der Waals surface area contributed by atoms with Crippen molar-refractivity contribution in [3.63, 3.8) is 0 Å². The molecule has 2 heteroatoms. The molecular formula is C13H28O2. The SMILES string of the molecule is CCC(O)CCCCCCCC(O)CC. The summed E-state index contributed by atoms with van der Waals surface area (Å²) >= 11 is 0. The summed E-state index contributed by atoms with van der Waals surface area (Å²) in [6, 6.07) is 0. The smallest absolute Gasteiger partial charge is 0.0537 e. The summed E-state index contributed by atoms with van der Waals surface area (Å²) in [5.74, 6) is 0. The predicted molar refractivity (Wildman–Crippen MR) is 64.9 cm³/mol. The fraction of sp³-hybridized carbons (Fsp3) is 1.00. The van der Waals surface area contributed by atoms with Crippen LogP contribution in [-0.2, 0) is 0 Å². The first-order valence-corrected chi connectivity index (χ1v) is 6.56. The minimum absolute atomic E-state index is 0.0908. The lowest BCUT2D eigenvalue weighted by atomic mass is 10.0. The second-order valence-corrected chi connectivity index (χ2v) is 4.47. The summed E-state index contributed by atoms with van der Waals surface area (Å²) < 4.78 is 0. The van der Waals surface area contributed by atoms with Gasteiger partial charge in [-0.3, -0.25) is 0 Å². The van der Waals surface area contributed by atoms with Gasteiger partial charge < -0.3 is 10.2 Å². The normalized spacial score (nSPS) is 15.2. The Morgan fingerprint density at radius 2 is 1.00 bits per heavy atom. The highest BCUT2D eigenvalue weighted by Crippen LogP contribution is 2.11. The van der Waals surface area contributed by atoms with Crippen molar-refractivity contribution in [3.05, 3.63) is 0 Å². The van der Waals surface area contributed by atoms with E-state index in [9.17, 15) is 10.2 Å². The quantitative estimate of drug-likeness (QED) is 0.550. The Morgan fingerprint density at radius 3 is 1.33 bits per heavy atom. The molecule has 0 bridgehead atoms. The molecule has 2 N–H and O–H groups in total. The summed E-state index contributed by atoms with van der Waals surface area (Å²) in [6.07, 6.45) is 9.45. The fourth-order valence-electron chi connectivity index (χ4n) is 1.70. The fourth-order valence-corrected chi connectivity index (χ4v) is 1.70. The third kappa shape index (κ3) is 10.2. The van der Waals surface area contributed by atoms with Crippen molar-refractivity contribution < 1.29 is 10.2 Å². The summed E-state index contributed by atoms with van der Waals surface area (Å²) in [5, 5.41) is 18.7. The minimum Gasteiger partial charge on any atom is -0.393 e. The van der Waals surface area contributed by atoms with Gasteiger partial charge >= 0.3 is 0 Å². The summed E-state index contributed by atoms with van der Waals surface area (Å²) in [5.41, 5.74) is 0. The van der Waals surface area contributed by atoms with Crippen LogP contribution in [0, 0.1) is 0 Å². The van der Waals surface area contributed by atoms with E-state index in [1.807, 2.05) is 13.8 Å². The third-order valence-electron chi connectivity index (χ3n) is 3.02. The second-order valence-electron chi connectivity index (χ2n) is 4.47. The zero-order valence-electron chi connectivity index (χ0n) is 10.4. The molecule has 15 heavy (non-hydrogen) atoms. The zero-order chi connectivity index (χ0) is 11.5. The van der Waals surface area contributed by atoms with E-state index in [-0.39, 0.29) is 12.2 Å². The Labute approximate surface area is 94.7 Å². The lowest BCUT2D eigenvalue weighted by Crippen LogP contribution is -2.04. The molecule has 0 aromatic carbocycles. The molecule has 0 rings (SSSR count). The van der Waals surface area contributed by atoms with Gasteiger partial charge in [-0.15, -0.1) is 0 Å². The van der Waals surface area contributed by atoms with Crippen LogP contribution in [-0.4, -0.2) is 22.4 Å². The standard InChI is InChI=1S/C13H28O2/c1-3-12(14)10-8-6-5-7-9-11-13(15)4-2/h12-15H,3-11H2,1-2H3. The number of rotatable bonds is 10. The minimum atomic E-state index is -0.0908. The van der Waals surface area contributed by atoms with Gasteiger partial charge in [-0.1, -0.05) is 46.0 Å². The number of hydrogen-bond acceptors (Lipinski definition) is 2. The monoisotopic (exact) mass is 216 g/mol. The molecule has 0 spiro atoms. The van der Waals surface area contributed by atoms with E-state index in [4.69, 9.17) is 0 Å². The number of aliphatic hydroxyl groups excluding tert-OH is 2. The molecule has 0 fully saturated rings. The molecule has 2 atom stereocenters. The van der Waals surface area contributed by atoms with Crippen LogP contribution in [0.1, 0.15) is 71.6 Å². The van der Waals surface area contributed by atoms with E-state index in [1.165, 1.54) is 19.3 Å². The molecule has 0 aliphatic carbocycles. The molecular weight excluding hydrogens is 188 g/mol.